The lowest BCUT2D eigenvalue weighted by molar-refractivity contribution is -0.143. The maximum Gasteiger partial charge on any atom is 0.329 e. The van der Waals surface area contributed by atoms with Crippen molar-refractivity contribution in [1.82, 2.24) is 5.32 Å². The monoisotopic (exact) mass is 233 g/mol. The number of hydrogen-bond acceptors (Lipinski definition) is 2. The van der Waals surface area contributed by atoms with Crippen LogP contribution in [0.1, 0.15) is 24.0 Å². The molecular weight excluding hydrogens is 218 g/mol. The Morgan fingerprint density at radius 1 is 1.29 bits per heavy atom. The van der Waals surface area contributed by atoms with Crippen LogP contribution in [0.2, 0.25) is 0 Å². The number of carboxylic acids is 1. The molecule has 4 heteroatoms. The molecule has 17 heavy (non-hydrogen) atoms. The van der Waals surface area contributed by atoms with Gasteiger partial charge < -0.3 is 10.4 Å². The summed E-state index contributed by atoms with van der Waals surface area (Å²) < 4.78 is 0. The number of amides is 1. The molecule has 1 saturated carbocycles. The normalized spacial score (nSPS) is 16.3. The fourth-order valence-electron chi connectivity index (χ4n) is 1.72. The number of benzene rings is 1. The number of carbonyl (C=O) groups excluding carboxylic acids is 1. The Morgan fingerprint density at radius 3 is 2.35 bits per heavy atom. The second-order valence-electron chi connectivity index (χ2n) is 4.60. The Kier molecular flexibility index (Phi) is 2.88. The van der Waals surface area contributed by atoms with Gasteiger partial charge in [-0.15, -0.1) is 0 Å². The van der Waals surface area contributed by atoms with Gasteiger partial charge in [-0.25, -0.2) is 4.79 Å². The summed E-state index contributed by atoms with van der Waals surface area (Å²) in [5.41, 5.74) is 1.05. The van der Waals surface area contributed by atoms with Crippen molar-refractivity contribution in [2.24, 2.45) is 0 Å². The van der Waals surface area contributed by atoms with Crippen LogP contribution in [0.5, 0.6) is 0 Å². The second-order valence-corrected chi connectivity index (χ2v) is 4.60. The predicted octanol–water partition coefficient (Wildman–Crippen LogP) is 1.27. The van der Waals surface area contributed by atoms with Crippen LogP contribution in [-0.4, -0.2) is 22.5 Å². The molecule has 0 heterocycles. The Morgan fingerprint density at radius 2 is 1.88 bits per heavy atom. The molecule has 4 nitrogen and oxygen atoms in total. The van der Waals surface area contributed by atoms with Gasteiger partial charge in [-0.1, -0.05) is 29.8 Å². The van der Waals surface area contributed by atoms with Gasteiger partial charge in [0.25, 0.3) is 0 Å². The van der Waals surface area contributed by atoms with E-state index in [1.165, 1.54) is 0 Å². The molecule has 1 fully saturated rings. The van der Waals surface area contributed by atoms with E-state index in [0.29, 0.717) is 12.8 Å². The van der Waals surface area contributed by atoms with Gasteiger partial charge in [0.15, 0.2) is 0 Å². The van der Waals surface area contributed by atoms with E-state index < -0.39 is 11.5 Å². The van der Waals surface area contributed by atoms with E-state index in [4.69, 9.17) is 5.11 Å². The summed E-state index contributed by atoms with van der Waals surface area (Å²) in [7, 11) is 0. The maximum absolute atomic E-state index is 11.7. The van der Waals surface area contributed by atoms with E-state index in [0.717, 1.165) is 11.1 Å². The smallest absolute Gasteiger partial charge is 0.329 e. The molecule has 0 unspecified atom stereocenters. The summed E-state index contributed by atoms with van der Waals surface area (Å²) in [5.74, 6) is -1.16. The van der Waals surface area contributed by atoms with Crippen LogP contribution >= 0.6 is 0 Å². The summed E-state index contributed by atoms with van der Waals surface area (Å²) >= 11 is 0. The summed E-state index contributed by atoms with van der Waals surface area (Å²) in [4.78, 5) is 22.6. The third-order valence-electron chi connectivity index (χ3n) is 3.02. The number of rotatable bonds is 4. The number of aliphatic carboxylic acids is 1. The van der Waals surface area contributed by atoms with Crippen molar-refractivity contribution in [2.75, 3.05) is 0 Å². The quantitative estimate of drug-likeness (QED) is 0.823. The number of carbonyl (C=O) groups is 2. The van der Waals surface area contributed by atoms with Gasteiger partial charge in [0.2, 0.25) is 5.91 Å². The molecule has 0 radical (unpaired) electrons. The minimum atomic E-state index is -0.984. The maximum atomic E-state index is 11.7. The Bertz CT molecular complexity index is 446. The highest BCUT2D eigenvalue weighted by molar-refractivity contribution is 5.90. The predicted molar refractivity (Wildman–Crippen MR) is 62.6 cm³/mol. The van der Waals surface area contributed by atoms with E-state index in [2.05, 4.69) is 5.32 Å². The first-order valence-electron chi connectivity index (χ1n) is 5.62. The van der Waals surface area contributed by atoms with Crippen LogP contribution in [0.25, 0.3) is 0 Å². The largest absolute Gasteiger partial charge is 0.480 e. The fraction of sp³-hybridized carbons (Fsp3) is 0.385. The molecule has 0 atom stereocenters. The minimum absolute atomic E-state index is 0.228. The molecule has 2 N–H and O–H groups in total. The number of aryl methyl sites for hydroxylation is 1. The molecule has 1 aliphatic rings. The highest BCUT2D eigenvalue weighted by Crippen LogP contribution is 2.35. The minimum Gasteiger partial charge on any atom is -0.480 e. The molecule has 1 aromatic carbocycles. The number of nitrogens with one attached hydrogen (secondary N) is 1. The van der Waals surface area contributed by atoms with Crippen LogP contribution in [0.4, 0.5) is 0 Å². The van der Waals surface area contributed by atoms with Crippen molar-refractivity contribution >= 4 is 11.9 Å². The van der Waals surface area contributed by atoms with Crippen molar-refractivity contribution in [3.63, 3.8) is 0 Å². The van der Waals surface area contributed by atoms with E-state index in [1.807, 2.05) is 31.2 Å². The van der Waals surface area contributed by atoms with Gasteiger partial charge >= 0.3 is 5.97 Å². The van der Waals surface area contributed by atoms with Crippen LogP contribution in [0, 0.1) is 6.92 Å². The van der Waals surface area contributed by atoms with Crippen molar-refractivity contribution in [1.29, 1.82) is 0 Å². The SMILES string of the molecule is Cc1ccc(CC(=O)NC2(C(=O)O)CC2)cc1. The number of hydrogen-bond donors (Lipinski definition) is 2. The van der Waals surface area contributed by atoms with Gasteiger partial charge in [0.05, 0.1) is 6.42 Å². The average molecular weight is 233 g/mol. The first-order valence-corrected chi connectivity index (χ1v) is 5.62. The third-order valence-corrected chi connectivity index (χ3v) is 3.02. The van der Waals surface area contributed by atoms with Crippen LogP contribution < -0.4 is 5.32 Å². The summed E-state index contributed by atoms with van der Waals surface area (Å²) in [6.07, 6.45) is 1.29. The zero-order valence-electron chi connectivity index (χ0n) is 9.69. The van der Waals surface area contributed by atoms with Crippen molar-refractivity contribution in [3.8, 4) is 0 Å². The van der Waals surface area contributed by atoms with Gasteiger partial charge in [-0.3, -0.25) is 4.79 Å². The summed E-state index contributed by atoms with van der Waals surface area (Å²) in [6, 6.07) is 7.64. The molecule has 1 aliphatic carbocycles. The lowest BCUT2D eigenvalue weighted by atomic mass is 10.1. The number of carboxylic acid groups (broad SMARTS) is 1. The zero-order valence-corrected chi connectivity index (χ0v) is 9.69. The van der Waals surface area contributed by atoms with Crippen LogP contribution in [0.3, 0.4) is 0 Å². The zero-order chi connectivity index (χ0) is 12.5. The van der Waals surface area contributed by atoms with Crippen molar-refractivity contribution in [3.05, 3.63) is 35.4 Å². The Labute approximate surface area is 99.6 Å². The second kappa shape index (κ2) is 4.20. The third kappa shape index (κ3) is 2.64. The fourth-order valence-corrected chi connectivity index (χ4v) is 1.72. The van der Waals surface area contributed by atoms with E-state index in [-0.39, 0.29) is 12.3 Å². The first-order chi connectivity index (χ1) is 8.02. The average Bonchev–Trinajstić information content (AvgIpc) is 3.02. The highest BCUT2D eigenvalue weighted by Gasteiger charge is 2.51. The van der Waals surface area contributed by atoms with Gasteiger partial charge in [-0.2, -0.15) is 0 Å². The summed E-state index contributed by atoms with van der Waals surface area (Å²) in [6.45, 7) is 1.98. The first kappa shape index (κ1) is 11.6. The highest BCUT2D eigenvalue weighted by atomic mass is 16.4. The molecular formula is C13H15NO3. The van der Waals surface area contributed by atoms with Gasteiger partial charge in [0, 0.05) is 0 Å². The molecule has 0 spiro atoms. The lowest BCUT2D eigenvalue weighted by Gasteiger charge is -2.12. The van der Waals surface area contributed by atoms with E-state index in [1.54, 1.807) is 0 Å². The molecule has 0 aromatic heterocycles. The summed E-state index contributed by atoms with van der Waals surface area (Å²) in [5, 5.41) is 11.5. The van der Waals surface area contributed by atoms with Crippen molar-refractivity contribution in [2.45, 2.75) is 31.7 Å². The lowest BCUT2D eigenvalue weighted by Crippen LogP contribution is -2.43. The van der Waals surface area contributed by atoms with Crippen LogP contribution in [-0.2, 0) is 16.0 Å². The van der Waals surface area contributed by atoms with Crippen LogP contribution in [0.15, 0.2) is 24.3 Å². The standard InChI is InChI=1S/C13H15NO3/c1-9-2-4-10(5-3-9)8-11(15)14-13(6-7-13)12(16)17/h2-5H,6-8H2,1H3,(H,14,15)(H,16,17). The van der Waals surface area contributed by atoms with Gasteiger partial charge in [-0.05, 0) is 25.3 Å². The van der Waals surface area contributed by atoms with E-state index in [9.17, 15) is 9.59 Å². The Hall–Kier alpha value is -1.84. The molecule has 90 valence electrons. The molecule has 0 aliphatic heterocycles. The van der Waals surface area contributed by atoms with Gasteiger partial charge in [0.1, 0.15) is 5.54 Å². The molecule has 1 amide bonds. The molecule has 1 aromatic rings. The Balaban J connectivity index is 1.94. The molecule has 2 rings (SSSR count). The molecule has 0 saturated heterocycles. The molecule has 0 bridgehead atoms. The topological polar surface area (TPSA) is 66.4 Å². The van der Waals surface area contributed by atoms with E-state index >= 15 is 0 Å². The van der Waals surface area contributed by atoms with Crippen molar-refractivity contribution < 1.29 is 14.7 Å².